The second kappa shape index (κ2) is 5.44. The highest BCUT2D eigenvalue weighted by Gasteiger charge is 2.20. The third-order valence-electron chi connectivity index (χ3n) is 2.69. The summed E-state index contributed by atoms with van der Waals surface area (Å²) in [5.74, 6) is -0.713. The van der Waals surface area contributed by atoms with Gasteiger partial charge in [-0.25, -0.2) is 9.59 Å². The first-order chi connectivity index (χ1) is 9.08. The van der Waals surface area contributed by atoms with Crippen molar-refractivity contribution in [3.63, 3.8) is 0 Å². The molecule has 2 rings (SSSR count). The lowest BCUT2D eigenvalue weighted by molar-refractivity contribution is 0.0515. The Morgan fingerprint density at radius 2 is 1.84 bits per heavy atom. The van der Waals surface area contributed by atoms with Gasteiger partial charge in [0, 0.05) is 5.39 Å². The number of fused-ring (bicyclic) bond motifs is 1. The SMILES string of the molecule is CCOC(=O)c1cc2c(C)c(C(=O)OCC)sc2[nH]1. The number of carbonyl (C=O) groups is 2. The zero-order valence-corrected chi connectivity index (χ0v) is 11.8. The van der Waals surface area contributed by atoms with E-state index in [1.165, 1.54) is 11.3 Å². The molecule has 0 aromatic carbocycles. The van der Waals surface area contributed by atoms with Gasteiger partial charge in [0.2, 0.25) is 0 Å². The molecule has 0 spiro atoms. The number of hydrogen-bond donors (Lipinski definition) is 1. The molecule has 5 nitrogen and oxygen atoms in total. The Labute approximate surface area is 114 Å². The van der Waals surface area contributed by atoms with E-state index in [0.717, 1.165) is 15.8 Å². The van der Waals surface area contributed by atoms with Gasteiger partial charge in [0.15, 0.2) is 0 Å². The van der Waals surface area contributed by atoms with Crippen molar-refractivity contribution in [1.82, 2.24) is 4.98 Å². The topological polar surface area (TPSA) is 68.4 Å². The van der Waals surface area contributed by atoms with Gasteiger partial charge < -0.3 is 14.5 Å². The van der Waals surface area contributed by atoms with Crippen molar-refractivity contribution in [1.29, 1.82) is 0 Å². The van der Waals surface area contributed by atoms with Crippen molar-refractivity contribution in [2.75, 3.05) is 13.2 Å². The molecule has 0 saturated carbocycles. The van der Waals surface area contributed by atoms with Crippen molar-refractivity contribution >= 4 is 33.5 Å². The largest absolute Gasteiger partial charge is 0.462 e. The molecule has 0 aliphatic rings. The number of carbonyl (C=O) groups excluding carboxylic acids is 2. The number of rotatable bonds is 4. The number of hydrogen-bond acceptors (Lipinski definition) is 5. The number of aromatic amines is 1. The number of esters is 2. The average molecular weight is 281 g/mol. The lowest BCUT2D eigenvalue weighted by Crippen LogP contribution is -2.05. The molecule has 2 aromatic rings. The van der Waals surface area contributed by atoms with Crippen LogP contribution in [0.2, 0.25) is 0 Å². The molecular weight excluding hydrogens is 266 g/mol. The van der Waals surface area contributed by atoms with Gasteiger partial charge in [0.25, 0.3) is 0 Å². The summed E-state index contributed by atoms with van der Waals surface area (Å²) in [6.07, 6.45) is 0. The van der Waals surface area contributed by atoms with E-state index in [1.807, 2.05) is 6.92 Å². The molecule has 2 aromatic heterocycles. The maximum atomic E-state index is 11.7. The molecule has 0 atom stereocenters. The van der Waals surface area contributed by atoms with Gasteiger partial charge in [-0.15, -0.1) is 11.3 Å². The first-order valence-electron chi connectivity index (χ1n) is 6.04. The van der Waals surface area contributed by atoms with Crippen molar-refractivity contribution in [3.8, 4) is 0 Å². The maximum Gasteiger partial charge on any atom is 0.354 e. The minimum atomic E-state index is -0.386. The summed E-state index contributed by atoms with van der Waals surface area (Å²) >= 11 is 1.29. The molecule has 6 heteroatoms. The fourth-order valence-electron chi connectivity index (χ4n) is 1.81. The summed E-state index contributed by atoms with van der Waals surface area (Å²) in [4.78, 5) is 27.7. The normalized spacial score (nSPS) is 10.7. The van der Waals surface area contributed by atoms with Crippen LogP contribution in [0.1, 0.15) is 39.6 Å². The number of aryl methyl sites for hydroxylation is 1. The molecular formula is C13H15NO4S. The first-order valence-corrected chi connectivity index (χ1v) is 6.86. The molecule has 1 N–H and O–H groups in total. The minimum Gasteiger partial charge on any atom is -0.462 e. The monoisotopic (exact) mass is 281 g/mol. The van der Waals surface area contributed by atoms with E-state index in [4.69, 9.17) is 9.47 Å². The molecule has 0 bridgehead atoms. The molecule has 0 fully saturated rings. The van der Waals surface area contributed by atoms with Gasteiger partial charge in [0.05, 0.1) is 13.2 Å². The predicted molar refractivity (Wildman–Crippen MR) is 72.8 cm³/mol. The molecule has 0 saturated heterocycles. The van der Waals surface area contributed by atoms with E-state index >= 15 is 0 Å². The van der Waals surface area contributed by atoms with Crippen LogP contribution in [0.15, 0.2) is 6.07 Å². The second-order valence-corrected chi connectivity index (χ2v) is 4.94. The predicted octanol–water partition coefficient (Wildman–Crippen LogP) is 2.89. The molecule has 0 aliphatic heterocycles. The molecule has 19 heavy (non-hydrogen) atoms. The third kappa shape index (κ3) is 2.49. The highest BCUT2D eigenvalue weighted by atomic mass is 32.1. The fraction of sp³-hybridized carbons (Fsp3) is 0.385. The number of aromatic nitrogens is 1. The third-order valence-corrected chi connectivity index (χ3v) is 3.89. The number of thiophene rings is 1. The van der Waals surface area contributed by atoms with Crippen LogP contribution < -0.4 is 0 Å². The van der Waals surface area contributed by atoms with Gasteiger partial charge >= 0.3 is 11.9 Å². The van der Waals surface area contributed by atoms with E-state index in [0.29, 0.717) is 23.8 Å². The van der Waals surface area contributed by atoms with Crippen LogP contribution in [-0.2, 0) is 9.47 Å². The Kier molecular flexibility index (Phi) is 3.90. The van der Waals surface area contributed by atoms with Crippen LogP contribution in [0.4, 0.5) is 0 Å². The Hall–Kier alpha value is -1.82. The quantitative estimate of drug-likeness (QED) is 0.875. The lowest BCUT2D eigenvalue weighted by atomic mass is 10.2. The number of ether oxygens (including phenoxy) is 2. The Morgan fingerprint density at radius 1 is 1.21 bits per heavy atom. The van der Waals surface area contributed by atoms with Gasteiger partial charge in [-0.3, -0.25) is 0 Å². The van der Waals surface area contributed by atoms with Crippen molar-refractivity contribution < 1.29 is 19.1 Å². The lowest BCUT2D eigenvalue weighted by Gasteiger charge is -2.00. The average Bonchev–Trinajstić information content (AvgIpc) is 2.90. The van der Waals surface area contributed by atoms with Gasteiger partial charge in [0.1, 0.15) is 15.4 Å². The Bertz CT molecular complexity index is 626. The van der Waals surface area contributed by atoms with Crippen LogP contribution >= 0.6 is 11.3 Å². The zero-order valence-electron chi connectivity index (χ0n) is 11.0. The van der Waals surface area contributed by atoms with E-state index in [2.05, 4.69) is 4.98 Å². The van der Waals surface area contributed by atoms with Gasteiger partial charge in [-0.1, -0.05) is 0 Å². The number of H-pyrrole nitrogens is 1. The fourth-order valence-corrected chi connectivity index (χ4v) is 2.90. The van der Waals surface area contributed by atoms with Crippen molar-refractivity contribution in [2.24, 2.45) is 0 Å². The second-order valence-electron chi connectivity index (χ2n) is 3.92. The summed E-state index contributed by atoms with van der Waals surface area (Å²) < 4.78 is 9.92. The molecule has 0 radical (unpaired) electrons. The van der Waals surface area contributed by atoms with Crippen LogP contribution in [-0.4, -0.2) is 30.1 Å². The Morgan fingerprint density at radius 3 is 2.42 bits per heavy atom. The van der Waals surface area contributed by atoms with E-state index in [-0.39, 0.29) is 11.9 Å². The Balaban J connectivity index is 2.37. The molecule has 102 valence electrons. The highest BCUT2D eigenvalue weighted by molar-refractivity contribution is 7.20. The van der Waals surface area contributed by atoms with Crippen LogP contribution in [0.25, 0.3) is 10.2 Å². The maximum absolute atomic E-state index is 11.7. The summed E-state index contributed by atoms with van der Waals surface area (Å²) in [6, 6.07) is 1.71. The van der Waals surface area contributed by atoms with Crippen LogP contribution in [0.3, 0.4) is 0 Å². The van der Waals surface area contributed by atoms with Gasteiger partial charge in [-0.05, 0) is 32.4 Å². The molecule has 2 heterocycles. The van der Waals surface area contributed by atoms with Crippen LogP contribution in [0.5, 0.6) is 0 Å². The van der Waals surface area contributed by atoms with E-state index < -0.39 is 0 Å². The first kappa shape index (κ1) is 13.6. The standard InChI is InChI=1S/C13H15NO4S/c1-4-17-12(15)9-6-8-7(3)10(13(16)18-5-2)19-11(8)14-9/h6,14H,4-5H2,1-3H3. The molecule has 0 aliphatic carbocycles. The highest BCUT2D eigenvalue weighted by Crippen LogP contribution is 2.31. The summed E-state index contributed by atoms with van der Waals surface area (Å²) in [5, 5.41) is 0.858. The van der Waals surface area contributed by atoms with E-state index in [9.17, 15) is 9.59 Å². The number of nitrogens with one attached hydrogen (secondary N) is 1. The van der Waals surface area contributed by atoms with Gasteiger partial charge in [-0.2, -0.15) is 0 Å². The smallest absolute Gasteiger partial charge is 0.354 e. The summed E-state index contributed by atoms with van der Waals surface area (Å²) in [6.45, 7) is 6.05. The van der Waals surface area contributed by atoms with Crippen molar-refractivity contribution in [2.45, 2.75) is 20.8 Å². The van der Waals surface area contributed by atoms with E-state index in [1.54, 1.807) is 19.9 Å². The van der Waals surface area contributed by atoms with Crippen LogP contribution in [0, 0.1) is 6.92 Å². The zero-order chi connectivity index (χ0) is 14.0. The van der Waals surface area contributed by atoms with Crippen molar-refractivity contribution in [3.05, 3.63) is 22.2 Å². The summed E-state index contributed by atoms with van der Waals surface area (Å²) in [5.41, 5.74) is 1.23. The molecule has 0 amide bonds. The summed E-state index contributed by atoms with van der Waals surface area (Å²) in [7, 11) is 0. The minimum absolute atomic E-state index is 0.327. The molecule has 0 unspecified atom stereocenters.